The highest BCUT2D eigenvalue weighted by molar-refractivity contribution is 5.29. The monoisotopic (exact) mass is 215 g/mol. The summed E-state index contributed by atoms with van der Waals surface area (Å²) in [6.45, 7) is 2.57. The first-order chi connectivity index (χ1) is 7.81. The van der Waals surface area contributed by atoms with E-state index in [-0.39, 0.29) is 0 Å². The van der Waals surface area contributed by atoms with Gasteiger partial charge in [-0.1, -0.05) is 36.8 Å². The second-order valence-electron chi connectivity index (χ2n) is 5.62. The largest absolute Gasteiger partial charge is 0.306 e. The van der Waals surface area contributed by atoms with Crippen molar-refractivity contribution in [3.05, 3.63) is 35.9 Å². The molecule has 1 aliphatic heterocycles. The molecule has 1 heteroatoms. The highest BCUT2D eigenvalue weighted by atomic mass is 15.1. The van der Waals surface area contributed by atoms with Crippen molar-refractivity contribution in [2.45, 2.75) is 31.1 Å². The van der Waals surface area contributed by atoms with E-state index in [9.17, 15) is 0 Å². The maximum absolute atomic E-state index is 2.51. The summed E-state index contributed by atoms with van der Waals surface area (Å²) in [6.07, 6.45) is 5.63. The predicted octanol–water partition coefficient (Wildman–Crippen LogP) is 3.06. The van der Waals surface area contributed by atoms with E-state index in [0.717, 1.165) is 5.92 Å². The van der Waals surface area contributed by atoms with E-state index in [2.05, 4.69) is 42.3 Å². The van der Waals surface area contributed by atoms with Crippen LogP contribution in [-0.2, 0) is 5.41 Å². The summed E-state index contributed by atoms with van der Waals surface area (Å²) >= 11 is 0. The minimum Gasteiger partial charge on any atom is -0.306 e. The summed E-state index contributed by atoms with van der Waals surface area (Å²) in [6, 6.07) is 11.3. The molecular formula is C15H21N. The Morgan fingerprint density at radius 1 is 1.19 bits per heavy atom. The van der Waals surface area contributed by atoms with Crippen LogP contribution in [0.4, 0.5) is 0 Å². The van der Waals surface area contributed by atoms with Crippen LogP contribution in [-0.4, -0.2) is 25.0 Å². The molecule has 1 aromatic rings. The van der Waals surface area contributed by atoms with Crippen LogP contribution in [0.15, 0.2) is 30.3 Å². The summed E-state index contributed by atoms with van der Waals surface area (Å²) in [7, 11) is 2.27. The third-order valence-corrected chi connectivity index (χ3v) is 4.78. The molecule has 2 aliphatic rings. The van der Waals surface area contributed by atoms with Gasteiger partial charge in [0.25, 0.3) is 0 Å². The zero-order valence-corrected chi connectivity index (χ0v) is 10.2. The Labute approximate surface area is 98.5 Å². The molecule has 0 radical (unpaired) electrons. The lowest BCUT2D eigenvalue weighted by molar-refractivity contribution is 0.134. The van der Waals surface area contributed by atoms with Crippen molar-refractivity contribution >= 4 is 0 Å². The van der Waals surface area contributed by atoms with E-state index < -0.39 is 0 Å². The van der Waals surface area contributed by atoms with Gasteiger partial charge in [0.05, 0.1) is 0 Å². The third-order valence-electron chi connectivity index (χ3n) is 4.78. The highest BCUT2D eigenvalue weighted by Crippen LogP contribution is 2.50. The van der Waals surface area contributed by atoms with Crippen LogP contribution in [0.5, 0.6) is 0 Å². The van der Waals surface area contributed by atoms with Crippen LogP contribution in [0.2, 0.25) is 0 Å². The number of benzene rings is 1. The van der Waals surface area contributed by atoms with Crippen LogP contribution in [0.1, 0.15) is 31.2 Å². The second-order valence-corrected chi connectivity index (χ2v) is 5.62. The highest BCUT2D eigenvalue weighted by Gasteiger charge is 2.46. The van der Waals surface area contributed by atoms with Crippen molar-refractivity contribution in [1.29, 1.82) is 0 Å². The molecule has 0 bridgehead atoms. The average molecular weight is 215 g/mol. The van der Waals surface area contributed by atoms with Gasteiger partial charge in [-0.3, -0.25) is 0 Å². The number of piperidine rings is 1. The molecule has 3 rings (SSSR count). The number of hydrogen-bond donors (Lipinski definition) is 0. The molecule has 0 aromatic heterocycles. The molecule has 1 aliphatic carbocycles. The molecule has 2 atom stereocenters. The lowest BCUT2D eigenvalue weighted by Gasteiger charge is -2.43. The maximum Gasteiger partial charge on any atom is 0.00151 e. The van der Waals surface area contributed by atoms with Gasteiger partial charge in [-0.05, 0) is 44.3 Å². The first-order valence-electron chi connectivity index (χ1n) is 6.55. The number of nitrogens with zero attached hydrogens (tertiary/aromatic N) is 1. The maximum atomic E-state index is 2.51. The number of likely N-dealkylation sites (tertiary alicyclic amines) is 1. The van der Waals surface area contributed by atoms with Gasteiger partial charge in [0, 0.05) is 12.0 Å². The summed E-state index contributed by atoms with van der Waals surface area (Å²) in [5.74, 6) is 0.897. The van der Waals surface area contributed by atoms with Crippen molar-refractivity contribution in [2.24, 2.45) is 5.92 Å². The van der Waals surface area contributed by atoms with Crippen molar-refractivity contribution < 1.29 is 0 Å². The van der Waals surface area contributed by atoms with Crippen LogP contribution in [0.3, 0.4) is 0 Å². The Kier molecular flexibility index (Phi) is 2.51. The van der Waals surface area contributed by atoms with Crippen LogP contribution < -0.4 is 0 Å². The van der Waals surface area contributed by atoms with Crippen molar-refractivity contribution in [2.75, 3.05) is 20.1 Å². The zero-order valence-electron chi connectivity index (χ0n) is 10.2. The van der Waals surface area contributed by atoms with E-state index in [1.165, 1.54) is 38.8 Å². The Bertz CT molecular complexity index is 359. The molecule has 16 heavy (non-hydrogen) atoms. The molecule has 1 nitrogen and oxygen atoms in total. The van der Waals surface area contributed by atoms with E-state index in [4.69, 9.17) is 0 Å². The summed E-state index contributed by atoms with van der Waals surface area (Å²) in [5.41, 5.74) is 2.12. The second kappa shape index (κ2) is 3.89. The Hall–Kier alpha value is -0.820. The van der Waals surface area contributed by atoms with Gasteiger partial charge < -0.3 is 4.90 Å². The molecule has 1 aromatic carbocycles. The standard InChI is InChI=1S/C15H21N/c1-16-11-10-15(9-5-8-14(15)12-16)13-6-3-2-4-7-13/h2-4,6-7,14H,5,8-12H2,1H3/t14-,15-/m1/s1. The molecule has 0 spiro atoms. The first kappa shape index (κ1) is 10.3. The van der Waals surface area contributed by atoms with Gasteiger partial charge >= 0.3 is 0 Å². The van der Waals surface area contributed by atoms with Crippen molar-refractivity contribution in [3.8, 4) is 0 Å². The normalized spacial score (nSPS) is 34.9. The fourth-order valence-corrected chi connectivity index (χ4v) is 3.89. The van der Waals surface area contributed by atoms with Gasteiger partial charge in [0.1, 0.15) is 0 Å². The van der Waals surface area contributed by atoms with Crippen LogP contribution in [0, 0.1) is 5.92 Å². The molecule has 0 unspecified atom stereocenters. The quantitative estimate of drug-likeness (QED) is 0.696. The van der Waals surface area contributed by atoms with E-state index in [0.29, 0.717) is 5.41 Å². The molecule has 1 saturated carbocycles. The summed E-state index contributed by atoms with van der Waals surface area (Å²) in [5, 5.41) is 0. The van der Waals surface area contributed by atoms with Crippen LogP contribution >= 0.6 is 0 Å². The Morgan fingerprint density at radius 2 is 2.00 bits per heavy atom. The number of hydrogen-bond acceptors (Lipinski definition) is 1. The van der Waals surface area contributed by atoms with Gasteiger partial charge in [0.2, 0.25) is 0 Å². The van der Waals surface area contributed by atoms with Gasteiger partial charge in [0.15, 0.2) is 0 Å². The SMILES string of the molecule is CN1CC[C@@]2(c3ccccc3)CCC[C@@H]2C1. The molecule has 2 fully saturated rings. The van der Waals surface area contributed by atoms with E-state index in [1.807, 2.05) is 0 Å². The minimum atomic E-state index is 0.522. The fourth-order valence-electron chi connectivity index (χ4n) is 3.89. The smallest absolute Gasteiger partial charge is 0.00151 e. The van der Waals surface area contributed by atoms with Gasteiger partial charge in [-0.15, -0.1) is 0 Å². The number of fused-ring (bicyclic) bond motifs is 1. The van der Waals surface area contributed by atoms with E-state index >= 15 is 0 Å². The minimum absolute atomic E-state index is 0.522. The topological polar surface area (TPSA) is 3.24 Å². The van der Waals surface area contributed by atoms with Crippen molar-refractivity contribution in [3.63, 3.8) is 0 Å². The molecule has 86 valence electrons. The average Bonchev–Trinajstić information content (AvgIpc) is 2.74. The number of rotatable bonds is 1. The Morgan fingerprint density at radius 3 is 2.81 bits per heavy atom. The van der Waals surface area contributed by atoms with Crippen LogP contribution in [0.25, 0.3) is 0 Å². The first-order valence-corrected chi connectivity index (χ1v) is 6.55. The lowest BCUT2D eigenvalue weighted by atomic mass is 9.68. The van der Waals surface area contributed by atoms with Gasteiger partial charge in [-0.25, -0.2) is 0 Å². The molecule has 1 heterocycles. The Balaban J connectivity index is 1.96. The summed E-state index contributed by atoms with van der Waals surface area (Å²) in [4.78, 5) is 2.51. The fraction of sp³-hybridized carbons (Fsp3) is 0.600. The van der Waals surface area contributed by atoms with Gasteiger partial charge in [-0.2, -0.15) is 0 Å². The van der Waals surface area contributed by atoms with E-state index in [1.54, 1.807) is 5.56 Å². The van der Waals surface area contributed by atoms with Crippen molar-refractivity contribution in [1.82, 2.24) is 4.90 Å². The summed E-state index contributed by atoms with van der Waals surface area (Å²) < 4.78 is 0. The lowest BCUT2D eigenvalue weighted by Crippen LogP contribution is -2.45. The molecular weight excluding hydrogens is 194 g/mol. The third kappa shape index (κ3) is 1.49. The predicted molar refractivity (Wildman–Crippen MR) is 67.6 cm³/mol. The molecule has 0 N–H and O–H groups in total. The molecule has 1 saturated heterocycles. The zero-order chi connectivity index (χ0) is 11.0. The molecule has 0 amide bonds.